The molecule has 0 aromatic heterocycles. The zero-order valence-electron chi connectivity index (χ0n) is 15.4. The minimum Gasteiger partial charge on any atom is -0.459 e. The molecular weight excluding hydrogens is 374 g/mol. The Balaban J connectivity index is 2.44. The van der Waals surface area contributed by atoms with Crippen LogP contribution in [0.3, 0.4) is 0 Å². The molecule has 1 atom stereocenters. The number of hydrogen-bond acceptors (Lipinski definition) is 8. The van der Waals surface area contributed by atoms with Crippen LogP contribution >= 0.6 is 11.8 Å². The molecule has 9 heteroatoms. The molecule has 0 radical (unpaired) electrons. The second-order valence-corrected chi connectivity index (χ2v) is 6.74. The molecule has 0 saturated heterocycles. The number of rotatable bonds is 9. The van der Waals surface area contributed by atoms with E-state index < -0.39 is 36.0 Å². The Morgan fingerprint density at radius 2 is 1.67 bits per heavy atom. The SMILES string of the molecule is CC(=O)N[C@@H](CSC(=O)OCOC(=O)C(C)C)C(=O)OCc1ccccc1. The van der Waals surface area contributed by atoms with Crippen LogP contribution in [0.2, 0.25) is 0 Å². The highest BCUT2D eigenvalue weighted by Gasteiger charge is 2.23. The van der Waals surface area contributed by atoms with Crippen molar-refractivity contribution < 1.29 is 33.4 Å². The number of nitrogens with one attached hydrogen (secondary N) is 1. The summed E-state index contributed by atoms with van der Waals surface area (Å²) in [5.74, 6) is -2.00. The molecule has 1 amide bonds. The first kappa shape index (κ1) is 22.5. The quantitative estimate of drug-likeness (QED) is 0.499. The summed E-state index contributed by atoms with van der Waals surface area (Å²) in [6.07, 6.45) is 0. The highest BCUT2D eigenvalue weighted by atomic mass is 32.2. The molecular formula is C18H23NO7S. The van der Waals surface area contributed by atoms with Crippen molar-refractivity contribution in [2.45, 2.75) is 33.4 Å². The fourth-order valence-corrected chi connectivity index (χ4v) is 2.39. The zero-order chi connectivity index (χ0) is 20.2. The molecule has 0 bridgehead atoms. The normalized spacial score (nSPS) is 11.4. The third-order valence-electron chi connectivity index (χ3n) is 3.10. The molecule has 0 aliphatic rings. The monoisotopic (exact) mass is 397 g/mol. The number of esters is 2. The predicted octanol–water partition coefficient (Wildman–Crippen LogP) is 2.26. The van der Waals surface area contributed by atoms with Gasteiger partial charge in [-0.25, -0.2) is 9.59 Å². The molecule has 148 valence electrons. The largest absolute Gasteiger partial charge is 0.459 e. The first-order chi connectivity index (χ1) is 12.8. The average Bonchev–Trinajstić information content (AvgIpc) is 2.63. The molecule has 27 heavy (non-hydrogen) atoms. The Hall–Kier alpha value is -2.55. The fraction of sp³-hybridized carbons (Fsp3) is 0.444. The van der Waals surface area contributed by atoms with Gasteiger partial charge in [-0.2, -0.15) is 0 Å². The molecule has 8 nitrogen and oxygen atoms in total. The van der Waals surface area contributed by atoms with Crippen LogP contribution in [0.15, 0.2) is 30.3 Å². The molecule has 0 aliphatic heterocycles. The van der Waals surface area contributed by atoms with E-state index in [1.54, 1.807) is 26.0 Å². The molecule has 1 N–H and O–H groups in total. The summed E-state index contributed by atoms with van der Waals surface area (Å²) < 4.78 is 14.6. The van der Waals surface area contributed by atoms with Crippen LogP contribution in [0.5, 0.6) is 0 Å². The van der Waals surface area contributed by atoms with Crippen LogP contribution in [0, 0.1) is 5.92 Å². The van der Waals surface area contributed by atoms with Crippen LogP contribution in [0.1, 0.15) is 26.3 Å². The lowest BCUT2D eigenvalue weighted by Gasteiger charge is -2.16. The van der Waals surface area contributed by atoms with Crippen molar-refractivity contribution in [2.75, 3.05) is 12.5 Å². The van der Waals surface area contributed by atoms with Crippen molar-refractivity contribution in [3.8, 4) is 0 Å². The van der Waals surface area contributed by atoms with Gasteiger partial charge in [0.1, 0.15) is 12.6 Å². The van der Waals surface area contributed by atoms with Crippen molar-refractivity contribution >= 4 is 34.9 Å². The van der Waals surface area contributed by atoms with E-state index in [9.17, 15) is 19.2 Å². The summed E-state index contributed by atoms with van der Waals surface area (Å²) in [6, 6.07) is 8.04. The Morgan fingerprint density at radius 1 is 1.00 bits per heavy atom. The molecule has 0 unspecified atom stereocenters. The van der Waals surface area contributed by atoms with Crippen LogP contribution in [0.4, 0.5) is 4.79 Å². The fourth-order valence-electron chi connectivity index (χ4n) is 1.74. The summed E-state index contributed by atoms with van der Waals surface area (Å²) in [5, 5.41) is 1.69. The van der Waals surface area contributed by atoms with E-state index in [1.807, 2.05) is 18.2 Å². The van der Waals surface area contributed by atoms with Crippen molar-refractivity contribution in [2.24, 2.45) is 5.92 Å². The minimum absolute atomic E-state index is 0.0516. The molecule has 0 fully saturated rings. The Kier molecular flexibility index (Phi) is 9.95. The zero-order valence-corrected chi connectivity index (χ0v) is 16.2. The summed E-state index contributed by atoms with van der Waals surface area (Å²) in [7, 11) is 0. The van der Waals surface area contributed by atoms with Crippen LogP contribution in [0.25, 0.3) is 0 Å². The number of benzene rings is 1. The molecule has 1 aromatic carbocycles. The van der Waals surface area contributed by atoms with Gasteiger partial charge in [-0.15, -0.1) is 0 Å². The lowest BCUT2D eigenvalue weighted by atomic mass is 10.2. The van der Waals surface area contributed by atoms with Gasteiger partial charge in [-0.05, 0) is 17.3 Å². The van der Waals surface area contributed by atoms with Gasteiger partial charge in [-0.3, -0.25) is 9.59 Å². The topological polar surface area (TPSA) is 108 Å². The maximum atomic E-state index is 12.2. The van der Waals surface area contributed by atoms with Gasteiger partial charge < -0.3 is 19.5 Å². The lowest BCUT2D eigenvalue weighted by molar-refractivity contribution is -0.155. The van der Waals surface area contributed by atoms with Gasteiger partial charge in [-0.1, -0.05) is 44.2 Å². The standard InChI is InChI=1S/C18H23NO7S/c1-12(2)16(21)25-11-26-18(23)27-10-15(19-13(3)20)17(22)24-9-14-7-5-4-6-8-14/h4-8,12,15H,9-11H2,1-3H3,(H,19,20)/t15-/m0/s1. The average molecular weight is 397 g/mol. The van der Waals surface area contributed by atoms with Crippen LogP contribution in [-0.2, 0) is 35.2 Å². The van der Waals surface area contributed by atoms with Crippen molar-refractivity contribution in [3.63, 3.8) is 0 Å². The Morgan fingerprint density at radius 3 is 2.26 bits per heavy atom. The summed E-state index contributed by atoms with van der Waals surface area (Å²) >= 11 is 0.669. The van der Waals surface area contributed by atoms with Crippen LogP contribution < -0.4 is 5.32 Å². The summed E-state index contributed by atoms with van der Waals surface area (Å²) in [6.45, 7) is 4.10. The molecule has 0 heterocycles. The van der Waals surface area contributed by atoms with Crippen molar-refractivity contribution in [1.29, 1.82) is 0 Å². The summed E-state index contributed by atoms with van der Waals surface area (Å²) in [4.78, 5) is 46.4. The van der Waals surface area contributed by atoms with E-state index in [0.29, 0.717) is 11.8 Å². The number of hydrogen-bond donors (Lipinski definition) is 1. The smallest absolute Gasteiger partial charge is 0.370 e. The van der Waals surface area contributed by atoms with Gasteiger partial charge in [0.2, 0.25) is 12.7 Å². The number of carbonyl (C=O) groups is 4. The van der Waals surface area contributed by atoms with Gasteiger partial charge in [0.15, 0.2) is 0 Å². The van der Waals surface area contributed by atoms with Crippen molar-refractivity contribution in [3.05, 3.63) is 35.9 Å². The predicted molar refractivity (Wildman–Crippen MR) is 98.6 cm³/mol. The first-order valence-corrected chi connectivity index (χ1v) is 9.22. The summed E-state index contributed by atoms with van der Waals surface area (Å²) in [5.41, 5.74) is 0.798. The van der Waals surface area contributed by atoms with Crippen LogP contribution in [-0.4, -0.2) is 41.7 Å². The van der Waals surface area contributed by atoms with E-state index in [0.717, 1.165) is 5.56 Å². The lowest BCUT2D eigenvalue weighted by Crippen LogP contribution is -2.42. The second kappa shape index (κ2) is 11.9. The van der Waals surface area contributed by atoms with Gasteiger partial charge in [0.05, 0.1) is 5.92 Å². The Bertz CT molecular complexity index is 648. The second-order valence-electron chi connectivity index (χ2n) is 5.79. The highest BCUT2D eigenvalue weighted by molar-refractivity contribution is 8.13. The third-order valence-corrected chi connectivity index (χ3v) is 3.96. The van der Waals surface area contributed by atoms with Crippen molar-refractivity contribution in [1.82, 2.24) is 5.32 Å². The molecule has 0 saturated carbocycles. The Labute approximate surface area is 161 Å². The maximum Gasteiger partial charge on any atom is 0.370 e. The highest BCUT2D eigenvalue weighted by Crippen LogP contribution is 2.10. The van der Waals surface area contributed by atoms with Gasteiger partial charge in [0, 0.05) is 12.7 Å². The molecule has 1 aromatic rings. The minimum atomic E-state index is -1.01. The number of amides is 1. The van der Waals surface area contributed by atoms with E-state index in [4.69, 9.17) is 14.2 Å². The third kappa shape index (κ3) is 9.64. The van der Waals surface area contributed by atoms with E-state index in [2.05, 4.69) is 5.32 Å². The van der Waals surface area contributed by atoms with E-state index in [1.165, 1.54) is 6.92 Å². The number of ether oxygens (including phenoxy) is 3. The maximum absolute atomic E-state index is 12.2. The molecule has 0 spiro atoms. The van der Waals surface area contributed by atoms with E-state index >= 15 is 0 Å². The number of carbonyl (C=O) groups excluding carboxylic acids is 4. The first-order valence-electron chi connectivity index (χ1n) is 8.23. The molecule has 0 aliphatic carbocycles. The van der Waals surface area contributed by atoms with Gasteiger partial charge in [0.25, 0.3) is 0 Å². The molecule has 1 rings (SSSR count). The van der Waals surface area contributed by atoms with Gasteiger partial charge >= 0.3 is 17.2 Å². The number of thioether (sulfide) groups is 1. The van der Waals surface area contributed by atoms with E-state index in [-0.39, 0.29) is 18.3 Å².